The van der Waals surface area contributed by atoms with Gasteiger partial charge in [-0.25, -0.2) is 9.07 Å². The highest BCUT2D eigenvalue weighted by Gasteiger charge is 2.30. The molecule has 31 heavy (non-hydrogen) atoms. The van der Waals surface area contributed by atoms with Gasteiger partial charge in [0.15, 0.2) is 0 Å². The number of hydrogen-bond donors (Lipinski definition) is 0. The van der Waals surface area contributed by atoms with Crippen molar-refractivity contribution in [2.75, 3.05) is 32.7 Å². The predicted molar refractivity (Wildman–Crippen MR) is 118 cm³/mol. The molecule has 2 fully saturated rings. The number of carbonyl (C=O) groups excluding carboxylic acids is 1. The zero-order valence-electron chi connectivity index (χ0n) is 19.0. The van der Waals surface area contributed by atoms with E-state index in [0.29, 0.717) is 17.2 Å². The first kappa shape index (κ1) is 22.0. The molecule has 2 aliphatic heterocycles. The van der Waals surface area contributed by atoms with E-state index in [1.165, 1.54) is 12.1 Å². The van der Waals surface area contributed by atoms with E-state index < -0.39 is 0 Å². The van der Waals surface area contributed by atoms with Gasteiger partial charge in [-0.2, -0.15) is 5.10 Å². The van der Waals surface area contributed by atoms with Gasteiger partial charge < -0.3 is 9.64 Å². The van der Waals surface area contributed by atoms with Crippen molar-refractivity contribution >= 4 is 5.91 Å². The first-order valence-electron chi connectivity index (χ1n) is 11.3. The lowest BCUT2D eigenvalue weighted by molar-refractivity contribution is -0.0728. The number of halogens is 1. The molecule has 6 nitrogen and oxygen atoms in total. The van der Waals surface area contributed by atoms with Crippen LogP contribution in [0.1, 0.15) is 48.4 Å². The number of ether oxygens (including phenoxy) is 1. The highest BCUT2D eigenvalue weighted by molar-refractivity contribution is 5.96. The molecular weight excluding hydrogens is 395 g/mol. The van der Waals surface area contributed by atoms with E-state index >= 15 is 0 Å². The molecule has 2 unspecified atom stereocenters. The SMILES string of the molecule is Cc1nn(-c2ccc(F)cc2)c(C)c1C(=O)N1CCC(CN2CC(C)OC(C)C2)CC1. The Morgan fingerprint density at radius 3 is 2.32 bits per heavy atom. The Kier molecular flexibility index (Phi) is 6.44. The van der Waals surface area contributed by atoms with Gasteiger partial charge in [-0.1, -0.05) is 0 Å². The third-order valence-corrected chi connectivity index (χ3v) is 6.49. The average molecular weight is 429 g/mol. The number of benzene rings is 1. The van der Waals surface area contributed by atoms with Gasteiger partial charge in [0.05, 0.1) is 34.8 Å². The van der Waals surface area contributed by atoms with Crippen molar-refractivity contribution in [1.29, 1.82) is 0 Å². The van der Waals surface area contributed by atoms with Crippen molar-refractivity contribution in [3.63, 3.8) is 0 Å². The molecule has 1 amide bonds. The van der Waals surface area contributed by atoms with Crippen molar-refractivity contribution in [3.05, 3.63) is 47.0 Å². The molecule has 1 aromatic carbocycles. The number of nitrogens with zero attached hydrogens (tertiary/aromatic N) is 4. The number of morpholine rings is 1. The molecule has 2 aromatic rings. The smallest absolute Gasteiger partial charge is 0.257 e. The van der Waals surface area contributed by atoms with Crippen molar-refractivity contribution in [1.82, 2.24) is 19.6 Å². The minimum absolute atomic E-state index is 0.0513. The second kappa shape index (κ2) is 9.09. The summed E-state index contributed by atoms with van der Waals surface area (Å²) in [7, 11) is 0. The van der Waals surface area contributed by atoms with E-state index in [1.54, 1.807) is 16.8 Å². The zero-order chi connectivity index (χ0) is 22.1. The number of aromatic nitrogens is 2. The van der Waals surface area contributed by atoms with Crippen LogP contribution in [0.3, 0.4) is 0 Å². The lowest BCUT2D eigenvalue weighted by Gasteiger charge is -2.39. The highest BCUT2D eigenvalue weighted by atomic mass is 19.1. The molecule has 4 rings (SSSR count). The molecular formula is C24H33FN4O2. The Morgan fingerprint density at radius 1 is 1.10 bits per heavy atom. The van der Waals surface area contributed by atoms with Gasteiger partial charge in [0.25, 0.3) is 5.91 Å². The van der Waals surface area contributed by atoms with Crippen LogP contribution in [-0.4, -0.2) is 70.4 Å². The lowest BCUT2D eigenvalue weighted by atomic mass is 9.95. The summed E-state index contributed by atoms with van der Waals surface area (Å²) in [4.78, 5) is 17.8. The number of likely N-dealkylation sites (tertiary alicyclic amines) is 1. The second-order valence-corrected chi connectivity index (χ2v) is 9.15. The highest BCUT2D eigenvalue weighted by Crippen LogP contribution is 2.25. The van der Waals surface area contributed by atoms with Crippen LogP contribution < -0.4 is 0 Å². The van der Waals surface area contributed by atoms with E-state index in [1.807, 2.05) is 18.7 Å². The molecule has 168 valence electrons. The third-order valence-electron chi connectivity index (χ3n) is 6.49. The number of carbonyl (C=O) groups is 1. The van der Waals surface area contributed by atoms with Gasteiger partial charge in [0, 0.05) is 32.7 Å². The molecule has 2 aliphatic rings. The van der Waals surface area contributed by atoms with Crippen LogP contribution in [0.5, 0.6) is 0 Å². The van der Waals surface area contributed by atoms with Gasteiger partial charge in [-0.05, 0) is 70.7 Å². The number of amides is 1. The summed E-state index contributed by atoms with van der Waals surface area (Å²) in [6.07, 6.45) is 2.62. The minimum atomic E-state index is -0.287. The standard InChI is InChI=1S/C24H33FN4O2/c1-16-13-27(14-17(2)31-16)15-20-9-11-28(12-10-20)24(30)23-18(3)26-29(19(23)4)22-7-5-21(25)6-8-22/h5-8,16-17,20H,9-15H2,1-4H3. The fourth-order valence-electron chi connectivity index (χ4n) is 5.06. The molecule has 0 N–H and O–H groups in total. The van der Waals surface area contributed by atoms with Gasteiger partial charge in [0.2, 0.25) is 0 Å². The fraction of sp³-hybridized carbons (Fsp3) is 0.583. The predicted octanol–water partition coefficient (Wildman–Crippen LogP) is 3.59. The Hall–Kier alpha value is -2.25. The Morgan fingerprint density at radius 2 is 1.71 bits per heavy atom. The molecule has 0 spiro atoms. The molecule has 0 radical (unpaired) electrons. The molecule has 1 aromatic heterocycles. The Labute approximate surface area is 184 Å². The topological polar surface area (TPSA) is 50.6 Å². The number of hydrogen-bond acceptors (Lipinski definition) is 4. The third kappa shape index (κ3) is 4.83. The summed E-state index contributed by atoms with van der Waals surface area (Å²) < 4.78 is 20.9. The van der Waals surface area contributed by atoms with E-state index in [0.717, 1.165) is 56.9 Å². The molecule has 2 saturated heterocycles. The van der Waals surface area contributed by atoms with Crippen LogP contribution in [0.2, 0.25) is 0 Å². The quantitative estimate of drug-likeness (QED) is 0.747. The van der Waals surface area contributed by atoms with Crippen molar-refractivity contribution < 1.29 is 13.9 Å². The Balaban J connectivity index is 1.39. The van der Waals surface area contributed by atoms with Crippen LogP contribution in [0.4, 0.5) is 4.39 Å². The van der Waals surface area contributed by atoms with Crippen LogP contribution in [0, 0.1) is 25.6 Å². The summed E-state index contributed by atoms with van der Waals surface area (Å²) in [5, 5.41) is 4.56. The molecule has 0 aliphatic carbocycles. The zero-order valence-corrected chi connectivity index (χ0v) is 19.0. The lowest BCUT2D eigenvalue weighted by Crippen LogP contribution is -2.48. The maximum Gasteiger partial charge on any atom is 0.257 e. The van der Waals surface area contributed by atoms with Crippen LogP contribution in [0.15, 0.2) is 24.3 Å². The van der Waals surface area contributed by atoms with Crippen LogP contribution in [0.25, 0.3) is 5.69 Å². The maximum absolute atomic E-state index is 13.3. The maximum atomic E-state index is 13.3. The van der Waals surface area contributed by atoms with Gasteiger partial charge in [0.1, 0.15) is 5.82 Å². The molecule has 0 bridgehead atoms. The van der Waals surface area contributed by atoms with E-state index in [2.05, 4.69) is 23.8 Å². The summed E-state index contributed by atoms with van der Waals surface area (Å²) in [5.41, 5.74) is 2.94. The first-order valence-corrected chi connectivity index (χ1v) is 11.3. The summed E-state index contributed by atoms with van der Waals surface area (Å²) >= 11 is 0. The normalized spacial score (nSPS) is 23.3. The molecule has 3 heterocycles. The van der Waals surface area contributed by atoms with Crippen molar-refractivity contribution in [2.45, 2.75) is 52.7 Å². The molecule has 2 atom stereocenters. The second-order valence-electron chi connectivity index (χ2n) is 9.15. The van der Waals surface area contributed by atoms with Gasteiger partial charge >= 0.3 is 0 Å². The summed E-state index contributed by atoms with van der Waals surface area (Å²) in [6.45, 7) is 12.7. The molecule has 0 saturated carbocycles. The first-order chi connectivity index (χ1) is 14.8. The Bertz CT molecular complexity index is 908. The number of piperidine rings is 1. The van der Waals surface area contributed by atoms with Gasteiger partial charge in [-0.3, -0.25) is 9.69 Å². The van der Waals surface area contributed by atoms with E-state index in [-0.39, 0.29) is 23.9 Å². The monoisotopic (exact) mass is 428 g/mol. The van der Waals surface area contributed by atoms with E-state index in [4.69, 9.17) is 4.74 Å². The van der Waals surface area contributed by atoms with Crippen LogP contribution in [-0.2, 0) is 4.74 Å². The van der Waals surface area contributed by atoms with E-state index in [9.17, 15) is 9.18 Å². The minimum Gasteiger partial charge on any atom is -0.373 e. The van der Waals surface area contributed by atoms with Crippen LogP contribution >= 0.6 is 0 Å². The van der Waals surface area contributed by atoms with Crippen molar-refractivity contribution in [3.8, 4) is 5.69 Å². The summed E-state index contributed by atoms with van der Waals surface area (Å²) in [5.74, 6) is 0.381. The van der Waals surface area contributed by atoms with Gasteiger partial charge in [-0.15, -0.1) is 0 Å². The fourth-order valence-corrected chi connectivity index (χ4v) is 5.06. The summed E-state index contributed by atoms with van der Waals surface area (Å²) in [6, 6.07) is 6.19. The molecule has 7 heteroatoms. The number of aryl methyl sites for hydroxylation is 1. The number of rotatable bonds is 4. The average Bonchev–Trinajstić information content (AvgIpc) is 3.02. The van der Waals surface area contributed by atoms with Crippen molar-refractivity contribution in [2.24, 2.45) is 5.92 Å². The largest absolute Gasteiger partial charge is 0.373 e.